The third kappa shape index (κ3) is 6.19. The van der Waals surface area contributed by atoms with E-state index in [4.69, 9.17) is 0 Å². The van der Waals surface area contributed by atoms with Crippen molar-refractivity contribution in [2.75, 3.05) is 25.5 Å². The number of ether oxygens (including phenoxy) is 1. The monoisotopic (exact) mass is 328 g/mol. The van der Waals surface area contributed by atoms with Gasteiger partial charge < -0.3 is 20.3 Å². The first-order valence-electron chi connectivity index (χ1n) is 7.38. The Labute approximate surface area is 132 Å². The number of hydrogen-bond donors (Lipinski definition) is 3. The average molecular weight is 328 g/mol. The number of rotatable bonds is 8. The minimum absolute atomic E-state index is 0.0428. The second-order valence-corrected chi connectivity index (χ2v) is 5.58. The molecule has 0 aromatic heterocycles. The fourth-order valence-electron chi connectivity index (χ4n) is 2.08. The van der Waals surface area contributed by atoms with E-state index in [0.29, 0.717) is 4.90 Å². The number of carbonyl (C=O) groups excluding carboxylic acids is 2. The van der Waals surface area contributed by atoms with E-state index < -0.39 is 6.61 Å². The van der Waals surface area contributed by atoms with E-state index in [9.17, 15) is 18.4 Å². The van der Waals surface area contributed by atoms with Crippen molar-refractivity contribution < 1.29 is 28.0 Å². The van der Waals surface area contributed by atoms with Crippen LogP contribution in [0.5, 0.6) is 5.75 Å². The highest BCUT2D eigenvalue weighted by molar-refractivity contribution is 5.93. The number of likely N-dealkylation sites (N-methyl/N-ethyl adjacent to an activating group) is 1. The van der Waals surface area contributed by atoms with E-state index >= 15 is 0 Å². The van der Waals surface area contributed by atoms with Crippen LogP contribution in [-0.2, 0) is 9.59 Å². The molecule has 6 nitrogen and oxygen atoms in total. The predicted octanol–water partition coefficient (Wildman–Crippen LogP) is 0.0198. The van der Waals surface area contributed by atoms with Gasteiger partial charge in [-0.05, 0) is 25.0 Å². The lowest BCUT2D eigenvalue weighted by atomic mass is 10.3. The molecule has 1 aliphatic rings. The van der Waals surface area contributed by atoms with Crippen molar-refractivity contribution >= 4 is 17.5 Å². The van der Waals surface area contributed by atoms with Crippen LogP contribution in [0.15, 0.2) is 24.3 Å². The second-order valence-electron chi connectivity index (χ2n) is 5.58. The summed E-state index contributed by atoms with van der Waals surface area (Å²) < 4.78 is 29.0. The van der Waals surface area contributed by atoms with Crippen molar-refractivity contribution in [2.45, 2.75) is 25.5 Å². The number of para-hydroxylation sites is 2. The molecular formula is C15H20F2N3O3+. The molecule has 1 aromatic rings. The molecule has 2 rings (SSSR count). The number of carbonyl (C=O) groups is 2. The molecule has 1 saturated carbocycles. The first-order chi connectivity index (χ1) is 10.9. The van der Waals surface area contributed by atoms with Gasteiger partial charge in [-0.25, -0.2) is 0 Å². The van der Waals surface area contributed by atoms with E-state index in [1.165, 1.54) is 18.2 Å². The zero-order valence-corrected chi connectivity index (χ0v) is 12.8. The zero-order chi connectivity index (χ0) is 16.8. The number of halogens is 2. The number of anilines is 1. The van der Waals surface area contributed by atoms with Crippen LogP contribution in [0.3, 0.4) is 0 Å². The zero-order valence-electron chi connectivity index (χ0n) is 12.8. The Hall–Kier alpha value is -2.22. The van der Waals surface area contributed by atoms with Gasteiger partial charge in [0.1, 0.15) is 5.75 Å². The molecular weight excluding hydrogens is 308 g/mol. The third-order valence-corrected chi connectivity index (χ3v) is 3.24. The molecule has 1 unspecified atom stereocenters. The molecule has 0 spiro atoms. The molecule has 0 saturated heterocycles. The Kier molecular flexibility index (Phi) is 5.86. The Bertz CT molecular complexity index is 565. The van der Waals surface area contributed by atoms with Gasteiger partial charge in [-0.1, -0.05) is 12.1 Å². The van der Waals surface area contributed by atoms with Gasteiger partial charge in [-0.2, -0.15) is 8.78 Å². The van der Waals surface area contributed by atoms with Gasteiger partial charge >= 0.3 is 6.61 Å². The topological polar surface area (TPSA) is 71.9 Å². The van der Waals surface area contributed by atoms with E-state index in [0.717, 1.165) is 12.8 Å². The summed E-state index contributed by atoms with van der Waals surface area (Å²) in [5.41, 5.74) is 0.174. The molecule has 1 atom stereocenters. The summed E-state index contributed by atoms with van der Waals surface area (Å²) in [4.78, 5) is 24.3. The van der Waals surface area contributed by atoms with E-state index in [2.05, 4.69) is 15.4 Å². The molecule has 1 fully saturated rings. The quantitative estimate of drug-likeness (QED) is 0.630. The maximum atomic E-state index is 12.3. The molecule has 0 aliphatic heterocycles. The fourth-order valence-corrected chi connectivity index (χ4v) is 2.08. The third-order valence-electron chi connectivity index (χ3n) is 3.24. The highest BCUT2D eigenvalue weighted by Gasteiger charge is 2.25. The van der Waals surface area contributed by atoms with Crippen LogP contribution in [0.1, 0.15) is 12.8 Å². The molecule has 126 valence electrons. The van der Waals surface area contributed by atoms with Gasteiger partial charge in [-0.15, -0.1) is 0 Å². The van der Waals surface area contributed by atoms with Crippen LogP contribution in [0, 0.1) is 0 Å². The number of hydrogen-bond acceptors (Lipinski definition) is 3. The first kappa shape index (κ1) is 17.1. The van der Waals surface area contributed by atoms with Crippen molar-refractivity contribution in [2.24, 2.45) is 0 Å². The van der Waals surface area contributed by atoms with Crippen LogP contribution in [0.4, 0.5) is 14.5 Å². The number of quaternary nitrogens is 1. The molecule has 0 heterocycles. The fraction of sp³-hybridized carbons (Fsp3) is 0.467. The smallest absolute Gasteiger partial charge is 0.387 e. The Morgan fingerprint density at radius 2 is 1.91 bits per heavy atom. The van der Waals surface area contributed by atoms with Gasteiger partial charge in [0.25, 0.3) is 11.8 Å². The van der Waals surface area contributed by atoms with Crippen molar-refractivity contribution in [3.63, 3.8) is 0 Å². The van der Waals surface area contributed by atoms with Crippen LogP contribution < -0.4 is 20.3 Å². The van der Waals surface area contributed by atoms with Gasteiger partial charge in [0.15, 0.2) is 13.1 Å². The van der Waals surface area contributed by atoms with Crippen LogP contribution in [0.2, 0.25) is 0 Å². The molecule has 0 radical (unpaired) electrons. The summed E-state index contributed by atoms with van der Waals surface area (Å²) in [7, 11) is 1.72. The Morgan fingerprint density at radius 1 is 1.26 bits per heavy atom. The standard InChI is InChI=1S/C15H19F2N3O3/c1-20(8-13(21)18-10-6-7-10)9-14(22)19-11-4-2-3-5-12(11)23-15(16)17/h2-5,10,15H,6-9H2,1H3,(H,18,21)(H,19,22)/p+1. The molecule has 3 N–H and O–H groups in total. The van der Waals surface area contributed by atoms with E-state index in [1.54, 1.807) is 13.1 Å². The molecule has 0 bridgehead atoms. The van der Waals surface area contributed by atoms with Gasteiger partial charge in [-0.3, -0.25) is 9.59 Å². The lowest BCUT2D eigenvalue weighted by molar-refractivity contribution is -0.862. The van der Waals surface area contributed by atoms with Crippen molar-refractivity contribution in [1.29, 1.82) is 0 Å². The second kappa shape index (κ2) is 7.87. The van der Waals surface area contributed by atoms with Crippen LogP contribution in [-0.4, -0.2) is 44.6 Å². The predicted molar refractivity (Wildman–Crippen MR) is 79.5 cm³/mol. The first-order valence-corrected chi connectivity index (χ1v) is 7.38. The minimum atomic E-state index is -2.97. The van der Waals surface area contributed by atoms with Crippen molar-refractivity contribution in [3.05, 3.63) is 24.3 Å². The molecule has 2 amide bonds. The molecule has 1 aliphatic carbocycles. The Balaban J connectivity index is 1.82. The lowest BCUT2D eigenvalue weighted by Gasteiger charge is -2.15. The number of benzene rings is 1. The van der Waals surface area contributed by atoms with Crippen LogP contribution in [0.25, 0.3) is 0 Å². The SMILES string of the molecule is C[NH+](CC(=O)Nc1ccccc1OC(F)F)CC(=O)NC1CC1. The van der Waals surface area contributed by atoms with Crippen LogP contribution >= 0.6 is 0 Å². The summed E-state index contributed by atoms with van der Waals surface area (Å²) in [6.07, 6.45) is 2.01. The highest BCUT2D eigenvalue weighted by atomic mass is 19.3. The van der Waals surface area contributed by atoms with E-state index in [1.807, 2.05) is 0 Å². The molecule has 8 heteroatoms. The van der Waals surface area contributed by atoms with Gasteiger partial charge in [0.05, 0.1) is 12.7 Å². The van der Waals surface area contributed by atoms with E-state index in [-0.39, 0.29) is 42.4 Å². The summed E-state index contributed by atoms with van der Waals surface area (Å²) >= 11 is 0. The maximum Gasteiger partial charge on any atom is 0.387 e. The maximum absolute atomic E-state index is 12.3. The van der Waals surface area contributed by atoms with Crippen molar-refractivity contribution in [3.8, 4) is 5.75 Å². The van der Waals surface area contributed by atoms with Crippen molar-refractivity contribution in [1.82, 2.24) is 5.32 Å². The normalized spacial score (nSPS) is 15.1. The number of alkyl halides is 2. The summed E-state index contributed by atoms with van der Waals surface area (Å²) in [6.45, 7) is -2.74. The summed E-state index contributed by atoms with van der Waals surface area (Å²) in [5.74, 6) is -0.578. The largest absolute Gasteiger partial charge is 0.433 e. The number of nitrogens with one attached hydrogen (secondary N) is 3. The minimum Gasteiger partial charge on any atom is -0.433 e. The lowest BCUT2D eigenvalue weighted by Crippen LogP contribution is -3.11. The summed E-state index contributed by atoms with van der Waals surface area (Å²) in [6, 6.07) is 6.25. The number of amides is 2. The van der Waals surface area contributed by atoms with Gasteiger partial charge in [0.2, 0.25) is 0 Å². The van der Waals surface area contributed by atoms with Gasteiger partial charge in [0, 0.05) is 6.04 Å². The molecule has 1 aromatic carbocycles. The summed E-state index contributed by atoms with van der Waals surface area (Å²) in [5, 5.41) is 5.37. The highest BCUT2D eigenvalue weighted by Crippen LogP contribution is 2.25. The average Bonchev–Trinajstić information content (AvgIpc) is 3.23. The Morgan fingerprint density at radius 3 is 2.57 bits per heavy atom. The molecule has 23 heavy (non-hydrogen) atoms.